The zero-order valence-electron chi connectivity index (χ0n) is 86.1. The van der Waals surface area contributed by atoms with Gasteiger partial charge in [-0.3, -0.25) is 68.5 Å². The minimum atomic E-state index is -4.52. The number of carboxylic acids is 5. The van der Waals surface area contributed by atoms with Crippen molar-refractivity contribution < 1.29 is 433 Å². The van der Waals surface area contributed by atoms with Crippen LogP contribution in [0.4, 0.5) is 13.2 Å². The van der Waals surface area contributed by atoms with Gasteiger partial charge in [-0.1, -0.05) is 215 Å². The van der Waals surface area contributed by atoms with Gasteiger partial charge in [-0.25, -0.2) is 10.5 Å². The number of halogens is 3. The average Bonchev–Trinajstić information content (AvgIpc) is 1.83. The summed E-state index contributed by atoms with van der Waals surface area (Å²) < 4.78 is 163. The third-order valence-corrected chi connectivity index (χ3v) is 10.3. The minimum absolute atomic E-state index is 0. The van der Waals surface area contributed by atoms with Gasteiger partial charge in [0, 0.05) is 18.8 Å². The predicted octanol–water partition coefficient (Wildman–Crippen LogP) is 3.95. The van der Waals surface area contributed by atoms with Gasteiger partial charge < -0.3 is 466 Å². The standard InChI is InChI=1S/C5H10.2C4H8NO3.C4H7O3.C4H7O2S.6C4H10.C3H6NO2S.3CH3F.2CHNS.CH3.14Mo.H4N2.H3N.5Na.14O.H2S4.5S2.14H2S.4H/c1-2-4-5-3-1;2*1-2(6)3(5)4(7)8;1-3(2-5)4(6)7;1-3(2-7)4(5)6;6*1-3-4-2;4-2(1-7)3(5)6;3*1-2;2*2-1-3;;;;;;;;;;;;;;;;1-2;;;;;;;;;;;;;;;;;;;;;1-3-4-2;5*1-2;;;;;;;;;;;;;;;;;;/h1-5H2;2*2-3,5-6H,1H3,(H,7,8);3,5H,1-2H2,(H,6,7);3,7H,1-2H2,(H,5,6);6*3-4H2,1-2H3;2,4,7H,1H2,(H,5,6);3*1H3;2*3H;1H3;;;;;;;;;;;;;;;1-2H2;1H3;;;;;;;;;;;;;;;;;;;;1-2H;;;;;;14*1H2;;;;/q;4*-1;;;;;;;-1;;;;;;-1;;;;;;;;;;;;3*+4;;;;;;;+1;;;;;;;;;;;;;;;;5*-2;;;;;;;;;;;;;;;;;;-1/p-20/i;;;;;;;;;;;;;;;;;;;;;;;;;;;;;;;;;;;;;;;;;;;;;;;;;;;;;;;;;;;;;;;;;;;;;;;;;3*1+1;. The Morgan fingerprint density at radius 1 is 0.399 bits per heavy atom. The van der Waals surface area contributed by atoms with Crippen LogP contribution in [-0.4, -0.2) is 230 Å². The summed E-state index contributed by atoms with van der Waals surface area (Å²) in [6.45, 7) is 34.7. The number of aliphatic hydroxyl groups excluding tert-OH is 3. The quantitative estimate of drug-likeness (QED) is 0.0143. The topological polar surface area (TPSA) is 692 Å². The van der Waals surface area contributed by atoms with Crippen molar-refractivity contribution in [2.24, 2.45) is 23.5 Å². The molecule has 1 saturated carbocycles. The number of carbonyl (C=O) groups is 5. The molecule has 885 valence electrons. The molecule has 0 aliphatic heterocycles. The SMILES string of the molecule is C1CCCC1.CC(O)C([NH-])C(=O)O.CC(O)C([NH-])C(=O)O.CCCC.CCCC.CCCC.CCCC.CCCC.CCCC.CF.CF.CF.N.N#C[S-].N#C[S-].NN.[2H][Mo]([2H])([2H])=[O].[CH2-]C(CO)C(=O)O.[CH2-]C(C[S-])C(=O)O.[CH3-].[H-].[NH-]C(C[S-])C(=O)O.[Na+].[Na][Na].[Na][Na].[O]=[Mo+4].[O]=[Mo+4].[O]=[Mo+4].[O]=[Mo].[O]=[Mo].[O]=[Mo].[O]=[Mo].[O]=[Mo].[O]=[Mo].[O]=[Mo].[O]=[Mo].[O]=[Mo].[O]=[Mo].[S-]SS[S-].[S-][S-].[S-][S-].[S-][S-].[S-][S-].[S-][S-].[SH-].[SH-].[SH-].[SH-].[SH-].[SH-].[SH-].[SH-].[SH-].[SH-].[SH-].[SH-].[SH-].[SH-]. The molecule has 0 aromatic heterocycles. The first-order chi connectivity index (χ1) is 61.4. The molecule has 0 amide bonds. The zero-order valence-corrected chi connectivity index (χ0v) is 147. The van der Waals surface area contributed by atoms with Gasteiger partial charge in [0.1, 0.15) is 0 Å². The molecule has 0 radical (unpaired) electrons. The van der Waals surface area contributed by atoms with E-state index in [0.29, 0.717) is 279 Å². The molecular weight excluding hydrogens is 3730 g/mol. The van der Waals surface area contributed by atoms with E-state index >= 15 is 0 Å². The Bertz CT molecular complexity index is 1560. The second-order valence-corrected chi connectivity index (χ2v) is 19.2. The van der Waals surface area contributed by atoms with Crippen molar-refractivity contribution in [2.75, 3.05) is 39.6 Å². The molecule has 1 fully saturated rings. The van der Waals surface area contributed by atoms with Crippen LogP contribution in [0.15, 0.2) is 0 Å². The van der Waals surface area contributed by atoms with E-state index in [1.54, 1.807) is 0 Å². The van der Waals surface area contributed by atoms with E-state index in [1.165, 1.54) is 241 Å². The number of alkyl halides is 3. The number of thiol groups is 14. The van der Waals surface area contributed by atoms with Crippen molar-refractivity contribution in [1.29, 1.82) is 12.8 Å². The maximum atomic E-state index is 9.80. The maximum absolute atomic E-state index is 9.80. The second-order valence-electron chi connectivity index (χ2n) is 14.7. The van der Waals surface area contributed by atoms with Gasteiger partial charge in [0.05, 0.1) is 21.5 Å². The van der Waals surface area contributed by atoms with Gasteiger partial charge in [0.25, 0.3) is 29.8 Å². The first-order valence-electron chi connectivity index (χ1n) is 32.9. The van der Waals surface area contributed by atoms with Crippen LogP contribution in [-0.2, 0) is 727 Å². The number of unbranched alkanes of at least 4 members (excludes halogenated alkanes) is 6. The predicted molar refractivity (Wildman–Crippen MR) is 613 cm³/mol. The molecule has 0 aromatic carbocycles. The number of nitriles is 2. The number of nitrogens with one attached hydrogen (secondary N) is 3. The van der Waals surface area contributed by atoms with Crippen LogP contribution < -0.4 is 47.4 Å². The van der Waals surface area contributed by atoms with E-state index in [1.807, 2.05) is 0 Å². The molecule has 1 aliphatic rings. The van der Waals surface area contributed by atoms with Crippen molar-refractivity contribution in [3.63, 3.8) is 0 Å². The number of hydrogen-bond acceptors (Lipinski definition) is 59. The monoisotopic (exact) mass is 3900 g/mol. The van der Waals surface area contributed by atoms with Crippen LogP contribution in [0.25, 0.3) is 17.2 Å². The summed E-state index contributed by atoms with van der Waals surface area (Å²) in [5, 5.41) is 81.8. The van der Waals surface area contributed by atoms with E-state index < -0.39 is 97.9 Å². The molecule has 7 unspecified atom stereocenters. The number of carboxylic acid groups (broad SMARTS) is 5. The third kappa shape index (κ3) is 969. The molecule has 0 bridgehead atoms. The molecule has 89 heteroatoms. The van der Waals surface area contributed by atoms with Gasteiger partial charge in [0.15, 0.2) is 0 Å². The van der Waals surface area contributed by atoms with Crippen LogP contribution in [0, 0.1) is 54.4 Å². The van der Waals surface area contributed by atoms with Gasteiger partial charge in [-0.2, -0.15) is 11.5 Å². The Hall–Kier alpha value is 18.5. The van der Waals surface area contributed by atoms with Crippen LogP contribution in [0.2, 0.25) is 0 Å². The van der Waals surface area contributed by atoms with Crippen LogP contribution in [0.3, 0.4) is 0 Å². The Morgan fingerprint density at radius 3 is 0.503 bits per heavy atom. The smallest absolute Gasteiger partial charge is 0.291 e. The minimum Gasteiger partial charge on any atom is -1.00 e. The number of hydrazine groups is 1. The third-order valence-electron chi connectivity index (χ3n) is 7.36. The Morgan fingerprint density at radius 2 is 0.497 bits per heavy atom. The molecule has 0 aromatic rings. The summed E-state index contributed by atoms with van der Waals surface area (Å²) in [5.41, 5.74) is 19.8. The number of rotatable bonds is 17. The number of hydrogen-bond donors (Lipinski definition) is 11. The summed E-state index contributed by atoms with van der Waals surface area (Å²) in [6.07, 6.45) is 21.2. The van der Waals surface area contributed by atoms with E-state index in [4.69, 9.17) is 115 Å². The van der Waals surface area contributed by atoms with E-state index in [9.17, 15) is 40.5 Å². The largest absolute Gasteiger partial charge is 1.00 e. The first kappa shape index (κ1) is 353. The Balaban J connectivity index is -0.0000000104. The summed E-state index contributed by atoms with van der Waals surface area (Å²) in [5.74, 6) is 0.951. The normalized spacial score (nSPS) is 7.65. The molecule has 35 nitrogen and oxygen atoms in total. The van der Waals surface area contributed by atoms with Crippen molar-refractivity contribution in [1.82, 2.24) is 6.15 Å². The van der Waals surface area contributed by atoms with Crippen LogP contribution in [0.1, 0.15) is 208 Å². The fraction of sp³-hybridized carbons (Fsp3) is 0.815. The van der Waals surface area contributed by atoms with Gasteiger partial charge in [0.2, 0.25) is 0 Å². The average molecular weight is 3880 g/mol. The number of nitrogens with zero attached hydrogens (tertiary/aromatic N) is 2. The van der Waals surface area contributed by atoms with E-state index in [2.05, 4.69) is 299 Å². The van der Waals surface area contributed by atoms with Gasteiger partial charge in [-0.05, 0) is 31.8 Å². The van der Waals surface area contributed by atoms with Crippen molar-refractivity contribution in [3.8, 4) is 10.8 Å². The number of thiocyanates is 2. The second kappa shape index (κ2) is 662. The maximum Gasteiger partial charge on any atom is -0.291 e. The molecule has 0 spiro atoms. The zero-order chi connectivity index (χ0) is 116. The fourth-order valence-electron chi connectivity index (χ4n) is 1.52. The molecule has 0 heterocycles. The molecule has 143 heavy (non-hydrogen) atoms. The molecular formula is C54H141F3Mo14N8Na5O27S32-24. The van der Waals surface area contributed by atoms with Crippen molar-refractivity contribution in [3.05, 3.63) is 38.5 Å². The van der Waals surface area contributed by atoms with E-state index in [0.717, 1.165) is 0 Å². The number of aliphatic hydroxyl groups is 3. The fourth-order valence-corrected chi connectivity index (χ4v) is 1.80. The summed E-state index contributed by atoms with van der Waals surface area (Å²) in [7, 11) is 3.84. The summed E-state index contributed by atoms with van der Waals surface area (Å²) in [4.78, 5) is 48.8. The number of nitrogens with two attached hydrogens (primary N) is 2. The molecule has 7 atom stereocenters. The number of aliphatic carboxylic acids is 5. The van der Waals surface area contributed by atoms with Gasteiger partial charge >= 0.3 is 443 Å². The molecule has 1 rings (SSSR count). The van der Waals surface area contributed by atoms with E-state index in [-0.39, 0.29) is 245 Å². The molecule has 1 aliphatic carbocycles. The first-order valence-corrected chi connectivity index (χ1v) is 71.8. The summed E-state index contributed by atoms with van der Waals surface area (Å²) >= 11 is 71.8. The van der Waals surface area contributed by atoms with Gasteiger partial charge in [-0.15, -0.1) is 0 Å². The summed E-state index contributed by atoms with van der Waals surface area (Å²) in [6, 6.07) is -3.93. The molecule has 18 N–H and O–H groups in total. The molecule has 0 saturated heterocycles. The Kier molecular flexibility index (Phi) is 1640. The van der Waals surface area contributed by atoms with Crippen molar-refractivity contribution in [2.45, 2.75) is 236 Å². The Labute approximate surface area is 1290 Å². The van der Waals surface area contributed by atoms with Crippen LogP contribution in [0.5, 0.6) is 0 Å². The van der Waals surface area contributed by atoms with Crippen molar-refractivity contribution >= 4 is 516 Å². The van der Waals surface area contributed by atoms with Crippen LogP contribution >= 0.6 is 19.7 Å².